The van der Waals surface area contributed by atoms with Crippen molar-refractivity contribution in [2.75, 3.05) is 0 Å². The largest absolute Gasteiger partial charge is 0.573 e. The lowest BCUT2D eigenvalue weighted by Crippen LogP contribution is -2.17. The van der Waals surface area contributed by atoms with Gasteiger partial charge in [0.25, 0.3) is 0 Å². The van der Waals surface area contributed by atoms with Gasteiger partial charge in [-0.15, -0.1) is 13.2 Å². The summed E-state index contributed by atoms with van der Waals surface area (Å²) in [5, 5.41) is 0. The number of alkyl halides is 3. The average Bonchev–Trinajstić information content (AvgIpc) is 2.81. The average molecular weight is 338 g/mol. The van der Waals surface area contributed by atoms with Crippen molar-refractivity contribution in [3.63, 3.8) is 0 Å². The second-order valence-electron chi connectivity index (χ2n) is 5.42. The smallest absolute Gasteiger partial charge is 0.406 e. The van der Waals surface area contributed by atoms with E-state index in [0.717, 1.165) is 0 Å². The number of aromatic nitrogens is 2. The van der Waals surface area contributed by atoms with Gasteiger partial charge in [0, 0.05) is 11.6 Å². The fourth-order valence-electron chi connectivity index (χ4n) is 2.36. The van der Waals surface area contributed by atoms with Gasteiger partial charge >= 0.3 is 12.1 Å². The lowest BCUT2D eigenvalue weighted by atomic mass is 10.1. The highest BCUT2D eigenvalue weighted by atomic mass is 19.4. The van der Waals surface area contributed by atoms with Crippen molar-refractivity contribution in [3.8, 4) is 17.0 Å². The molecule has 0 aliphatic carbocycles. The zero-order chi connectivity index (χ0) is 17.5. The third-order valence-electron chi connectivity index (χ3n) is 3.36. The fraction of sp³-hybridized carbons (Fsp3) is 0.250. The molecule has 24 heavy (non-hydrogen) atoms. The lowest BCUT2D eigenvalue weighted by molar-refractivity contribution is -0.274. The molecule has 0 radical (unpaired) electrons. The van der Waals surface area contributed by atoms with Gasteiger partial charge in [0.05, 0.1) is 5.69 Å². The van der Waals surface area contributed by atoms with Crippen LogP contribution in [-0.2, 0) is 0 Å². The van der Waals surface area contributed by atoms with Crippen LogP contribution in [0.25, 0.3) is 22.5 Å². The highest BCUT2D eigenvalue weighted by molar-refractivity contribution is 5.74. The Balaban J connectivity index is 2.00. The van der Waals surface area contributed by atoms with Crippen molar-refractivity contribution < 1.29 is 22.3 Å². The zero-order valence-corrected chi connectivity index (χ0v) is 12.8. The number of pyridine rings is 1. The highest BCUT2D eigenvalue weighted by Gasteiger charge is 2.31. The number of ether oxygens (including phenoxy) is 1. The molecule has 5 nitrogen and oxygen atoms in total. The third kappa shape index (κ3) is 3.12. The Morgan fingerprint density at radius 2 is 1.79 bits per heavy atom. The Kier molecular flexibility index (Phi) is 3.82. The van der Waals surface area contributed by atoms with Crippen molar-refractivity contribution in [3.05, 3.63) is 46.9 Å². The molecule has 0 unspecified atom stereocenters. The van der Waals surface area contributed by atoms with Gasteiger partial charge in [-0.05, 0) is 50.2 Å². The van der Waals surface area contributed by atoms with Crippen molar-refractivity contribution >= 4 is 11.2 Å². The maximum Gasteiger partial charge on any atom is 0.573 e. The van der Waals surface area contributed by atoms with Crippen LogP contribution in [-0.4, -0.2) is 15.9 Å². The van der Waals surface area contributed by atoms with Crippen LogP contribution in [0.4, 0.5) is 13.2 Å². The van der Waals surface area contributed by atoms with E-state index in [9.17, 15) is 18.0 Å². The predicted molar refractivity (Wildman–Crippen MR) is 80.8 cm³/mol. The highest BCUT2D eigenvalue weighted by Crippen LogP contribution is 2.27. The van der Waals surface area contributed by atoms with Gasteiger partial charge in [-0.3, -0.25) is 4.57 Å². The van der Waals surface area contributed by atoms with Crippen LogP contribution in [0.1, 0.15) is 19.9 Å². The monoisotopic (exact) mass is 338 g/mol. The van der Waals surface area contributed by atoms with Crippen LogP contribution in [0, 0.1) is 0 Å². The van der Waals surface area contributed by atoms with Crippen molar-refractivity contribution in [2.24, 2.45) is 0 Å². The van der Waals surface area contributed by atoms with Gasteiger partial charge in [0.2, 0.25) is 0 Å². The van der Waals surface area contributed by atoms with Gasteiger partial charge in [-0.2, -0.15) is 0 Å². The first-order chi connectivity index (χ1) is 11.2. The van der Waals surface area contributed by atoms with Crippen LogP contribution in [0.2, 0.25) is 0 Å². The van der Waals surface area contributed by atoms with Crippen LogP contribution in [0.15, 0.2) is 45.6 Å². The molecule has 3 aromatic rings. The quantitative estimate of drug-likeness (QED) is 0.720. The van der Waals surface area contributed by atoms with Gasteiger partial charge in [-0.25, -0.2) is 9.78 Å². The summed E-state index contributed by atoms with van der Waals surface area (Å²) in [6, 6.07) is 8.46. The molecule has 8 heteroatoms. The van der Waals surface area contributed by atoms with E-state index in [4.69, 9.17) is 4.42 Å². The molecular weight excluding hydrogens is 325 g/mol. The van der Waals surface area contributed by atoms with Crippen LogP contribution < -0.4 is 10.5 Å². The van der Waals surface area contributed by atoms with E-state index in [-0.39, 0.29) is 11.8 Å². The van der Waals surface area contributed by atoms with Gasteiger partial charge < -0.3 is 9.15 Å². The number of hydrogen-bond acceptors (Lipinski definition) is 4. The maximum absolute atomic E-state index is 12.2. The van der Waals surface area contributed by atoms with E-state index < -0.39 is 12.1 Å². The number of oxazole rings is 1. The summed E-state index contributed by atoms with van der Waals surface area (Å²) in [5.74, 6) is -0.812. The first-order valence-electron chi connectivity index (χ1n) is 7.13. The van der Waals surface area contributed by atoms with Gasteiger partial charge in [0.1, 0.15) is 5.75 Å². The van der Waals surface area contributed by atoms with Crippen LogP contribution in [0.5, 0.6) is 5.75 Å². The van der Waals surface area contributed by atoms with Crippen LogP contribution in [0.3, 0.4) is 0 Å². The minimum atomic E-state index is -4.73. The summed E-state index contributed by atoms with van der Waals surface area (Å²) < 4.78 is 46.9. The molecule has 0 aliphatic rings. The molecule has 2 heterocycles. The molecule has 0 saturated heterocycles. The normalized spacial score (nSPS) is 12.1. The maximum atomic E-state index is 12.2. The molecule has 0 fully saturated rings. The Morgan fingerprint density at radius 3 is 2.38 bits per heavy atom. The van der Waals surface area contributed by atoms with E-state index in [1.807, 2.05) is 13.8 Å². The third-order valence-corrected chi connectivity index (χ3v) is 3.36. The number of nitrogens with zero attached hydrogens (tertiary/aromatic N) is 2. The molecule has 3 rings (SSSR count). The second-order valence-corrected chi connectivity index (χ2v) is 5.42. The van der Waals surface area contributed by atoms with Gasteiger partial charge in [0.15, 0.2) is 11.2 Å². The van der Waals surface area contributed by atoms with E-state index >= 15 is 0 Å². The summed E-state index contributed by atoms with van der Waals surface area (Å²) in [6.07, 6.45) is -4.73. The molecule has 0 bridgehead atoms. The Hall–Kier alpha value is -2.77. The zero-order valence-electron chi connectivity index (χ0n) is 12.8. The number of rotatable bonds is 3. The van der Waals surface area contributed by atoms with Gasteiger partial charge in [-0.1, -0.05) is 0 Å². The number of fused-ring (bicyclic) bond motifs is 1. The SMILES string of the molecule is CC(C)n1c(=O)oc2ccc(-c3ccc(OC(F)(F)F)cc3)nc21. The summed E-state index contributed by atoms with van der Waals surface area (Å²) in [4.78, 5) is 16.2. The number of benzene rings is 1. The first-order valence-corrected chi connectivity index (χ1v) is 7.13. The fourth-order valence-corrected chi connectivity index (χ4v) is 2.36. The van der Waals surface area contributed by atoms with E-state index in [1.165, 1.54) is 28.8 Å². The Labute approximate surface area is 134 Å². The van der Waals surface area contributed by atoms with E-state index in [0.29, 0.717) is 22.5 Å². The summed E-state index contributed by atoms with van der Waals surface area (Å²) in [5.41, 5.74) is 1.85. The molecule has 126 valence electrons. The number of halogens is 3. The van der Waals surface area contributed by atoms with Crippen molar-refractivity contribution in [1.82, 2.24) is 9.55 Å². The molecule has 2 aromatic heterocycles. The summed E-state index contributed by atoms with van der Waals surface area (Å²) in [6.45, 7) is 3.65. The van der Waals surface area contributed by atoms with Crippen molar-refractivity contribution in [2.45, 2.75) is 26.3 Å². The molecule has 0 N–H and O–H groups in total. The summed E-state index contributed by atoms with van der Waals surface area (Å²) >= 11 is 0. The second kappa shape index (κ2) is 5.70. The number of hydrogen-bond donors (Lipinski definition) is 0. The lowest BCUT2D eigenvalue weighted by Gasteiger charge is -2.09. The topological polar surface area (TPSA) is 57.3 Å². The van der Waals surface area contributed by atoms with E-state index in [2.05, 4.69) is 9.72 Å². The molecule has 0 atom stereocenters. The Bertz CT molecular complexity index is 924. The van der Waals surface area contributed by atoms with E-state index in [1.54, 1.807) is 12.1 Å². The molecule has 0 spiro atoms. The molecule has 0 saturated carbocycles. The molecule has 0 aliphatic heterocycles. The predicted octanol–water partition coefficient (Wildman–Crippen LogP) is 4.14. The van der Waals surface area contributed by atoms with Crippen LogP contribution >= 0.6 is 0 Å². The molecular formula is C16H13F3N2O3. The molecule has 1 aromatic carbocycles. The minimum Gasteiger partial charge on any atom is -0.406 e. The van der Waals surface area contributed by atoms with Crippen molar-refractivity contribution in [1.29, 1.82) is 0 Å². The standard InChI is InChI=1S/C16H13F3N2O3/c1-9(2)21-14-13(23-15(21)22)8-7-12(20-14)10-3-5-11(6-4-10)24-16(17,18)19/h3-9H,1-2H3. The Morgan fingerprint density at radius 1 is 1.12 bits per heavy atom. The minimum absolute atomic E-state index is 0.135. The first kappa shape index (κ1) is 16.1. The molecule has 0 amide bonds. The summed E-state index contributed by atoms with van der Waals surface area (Å²) in [7, 11) is 0.